The smallest absolute Gasteiger partial charge is 0.344 e. The van der Waals surface area contributed by atoms with Crippen molar-refractivity contribution < 1.29 is 19.8 Å². The van der Waals surface area contributed by atoms with Crippen LogP contribution in [0.25, 0.3) is 0 Å². The Morgan fingerprint density at radius 3 is 2.89 bits per heavy atom. The maximum Gasteiger partial charge on any atom is 0.344 e. The number of halogens is 1. The predicted molar refractivity (Wildman–Crippen MR) is 68.5 cm³/mol. The summed E-state index contributed by atoms with van der Waals surface area (Å²) in [6, 6.07) is 3.64. The van der Waals surface area contributed by atoms with Gasteiger partial charge in [-0.05, 0) is 37.5 Å². The minimum atomic E-state index is -0.979. The van der Waals surface area contributed by atoms with Crippen molar-refractivity contribution in [2.24, 2.45) is 5.16 Å². The molecule has 1 unspecified atom stereocenters. The van der Waals surface area contributed by atoms with Gasteiger partial charge in [0.15, 0.2) is 6.10 Å². The molecule has 2 rings (SSSR count). The first-order valence-corrected chi connectivity index (χ1v) is 6.23. The molecule has 1 aliphatic rings. The molecule has 1 heterocycles. The number of carbonyl (C=O) groups is 1. The van der Waals surface area contributed by atoms with E-state index < -0.39 is 12.1 Å². The quantitative estimate of drug-likeness (QED) is 0.499. The standard InChI is InChI=1S/C12H12BrNO4/c1-6(14-17)9-5-8(13)4-7-2-3-10(12(15)16)18-11(7)9/h4-5,10,17H,2-3H2,1H3,(H,15,16)/b14-6+. The highest BCUT2D eigenvalue weighted by Gasteiger charge is 2.28. The van der Waals surface area contributed by atoms with Crippen molar-refractivity contribution in [2.45, 2.75) is 25.9 Å². The lowest BCUT2D eigenvalue weighted by molar-refractivity contribution is -0.145. The molecule has 96 valence electrons. The summed E-state index contributed by atoms with van der Waals surface area (Å²) in [4.78, 5) is 11.0. The zero-order chi connectivity index (χ0) is 13.3. The summed E-state index contributed by atoms with van der Waals surface area (Å²) in [5.74, 6) is -0.486. The number of aryl methyl sites for hydroxylation is 1. The number of carboxylic acid groups (broad SMARTS) is 1. The first-order valence-electron chi connectivity index (χ1n) is 5.44. The summed E-state index contributed by atoms with van der Waals surface area (Å²) >= 11 is 3.37. The molecule has 0 bridgehead atoms. The van der Waals surface area contributed by atoms with Gasteiger partial charge >= 0.3 is 5.97 Å². The molecular weight excluding hydrogens is 302 g/mol. The zero-order valence-corrected chi connectivity index (χ0v) is 11.3. The van der Waals surface area contributed by atoms with Crippen LogP contribution in [0.3, 0.4) is 0 Å². The first kappa shape index (κ1) is 12.9. The fourth-order valence-corrected chi connectivity index (χ4v) is 2.46. The lowest BCUT2D eigenvalue weighted by Crippen LogP contribution is -2.31. The lowest BCUT2D eigenvalue weighted by atomic mass is 9.97. The third kappa shape index (κ3) is 2.33. The number of benzene rings is 1. The van der Waals surface area contributed by atoms with Crippen molar-refractivity contribution in [3.8, 4) is 5.75 Å². The molecule has 1 aromatic rings. The van der Waals surface area contributed by atoms with Gasteiger partial charge in [0.05, 0.1) is 5.71 Å². The van der Waals surface area contributed by atoms with E-state index in [1.807, 2.05) is 6.07 Å². The summed E-state index contributed by atoms with van der Waals surface area (Å²) < 4.78 is 6.33. The Morgan fingerprint density at radius 1 is 1.56 bits per heavy atom. The van der Waals surface area contributed by atoms with E-state index in [0.717, 1.165) is 10.0 Å². The van der Waals surface area contributed by atoms with Crippen molar-refractivity contribution in [1.29, 1.82) is 0 Å². The first-order chi connectivity index (χ1) is 8.52. The lowest BCUT2D eigenvalue weighted by Gasteiger charge is -2.25. The van der Waals surface area contributed by atoms with Gasteiger partial charge in [0, 0.05) is 10.0 Å². The van der Waals surface area contributed by atoms with Crippen LogP contribution in [0.1, 0.15) is 24.5 Å². The Hall–Kier alpha value is -1.56. The molecule has 0 fully saturated rings. The summed E-state index contributed by atoms with van der Waals surface area (Å²) in [5, 5.41) is 21.0. The van der Waals surface area contributed by atoms with Crippen LogP contribution in [0.2, 0.25) is 0 Å². The van der Waals surface area contributed by atoms with E-state index in [0.29, 0.717) is 29.9 Å². The summed E-state index contributed by atoms with van der Waals surface area (Å²) in [6.45, 7) is 1.63. The Bertz CT molecular complexity index is 527. The maximum atomic E-state index is 11.0. The highest BCUT2D eigenvalue weighted by atomic mass is 79.9. The fraction of sp³-hybridized carbons (Fsp3) is 0.333. The monoisotopic (exact) mass is 313 g/mol. The minimum Gasteiger partial charge on any atom is -0.479 e. The number of nitrogens with zero attached hydrogens (tertiary/aromatic N) is 1. The Balaban J connectivity index is 2.50. The average molecular weight is 314 g/mol. The van der Waals surface area contributed by atoms with E-state index in [2.05, 4.69) is 21.1 Å². The van der Waals surface area contributed by atoms with Crippen molar-refractivity contribution in [3.05, 3.63) is 27.7 Å². The molecule has 5 nitrogen and oxygen atoms in total. The molecule has 0 aliphatic carbocycles. The molecule has 18 heavy (non-hydrogen) atoms. The van der Waals surface area contributed by atoms with Gasteiger partial charge < -0.3 is 15.1 Å². The van der Waals surface area contributed by atoms with Crippen molar-refractivity contribution >= 4 is 27.6 Å². The normalized spacial score (nSPS) is 19.0. The molecule has 0 saturated carbocycles. The molecular formula is C12H12BrNO4. The van der Waals surface area contributed by atoms with Crippen LogP contribution < -0.4 is 4.74 Å². The third-order valence-corrected chi connectivity index (χ3v) is 3.34. The number of carboxylic acids is 1. The van der Waals surface area contributed by atoms with Crippen LogP contribution in [-0.4, -0.2) is 28.1 Å². The molecule has 0 spiro atoms. The van der Waals surface area contributed by atoms with Crippen LogP contribution in [0.4, 0.5) is 0 Å². The van der Waals surface area contributed by atoms with Gasteiger partial charge in [0.2, 0.25) is 0 Å². The van der Waals surface area contributed by atoms with Gasteiger partial charge in [-0.15, -0.1) is 0 Å². The average Bonchev–Trinajstić information content (AvgIpc) is 2.36. The highest BCUT2D eigenvalue weighted by molar-refractivity contribution is 9.10. The molecule has 0 saturated heterocycles. The second kappa shape index (κ2) is 4.97. The molecule has 0 aromatic heterocycles. The van der Waals surface area contributed by atoms with Gasteiger partial charge in [-0.25, -0.2) is 4.79 Å². The second-order valence-corrected chi connectivity index (χ2v) is 5.03. The number of ether oxygens (including phenoxy) is 1. The molecule has 0 amide bonds. The van der Waals surface area contributed by atoms with E-state index >= 15 is 0 Å². The van der Waals surface area contributed by atoms with Crippen LogP contribution in [0, 0.1) is 0 Å². The van der Waals surface area contributed by atoms with Crippen molar-refractivity contribution in [3.63, 3.8) is 0 Å². The van der Waals surface area contributed by atoms with Crippen LogP contribution in [-0.2, 0) is 11.2 Å². The molecule has 2 N–H and O–H groups in total. The van der Waals surface area contributed by atoms with Crippen molar-refractivity contribution in [1.82, 2.24) is 0 Å². The second-order valence-electron chi connectivity index (χ2n) is 4.11. The molecule has 1 aliphatic heterocycles. The van der Waals surface area contributed by atoms with Crippen LogP contribution >= 0.6 is 15.9 Å². The largest absolute Gasteiger partial charge is 0.479 e. The van der Waals surface area contributed by atoms with E-state index in [4.69, 9.17) is 15.1 Å². The van der Waals surface area contributed by atoms with E-state index in [-0.39, 0.29) is 0 Å². The van der Waals surface area contributed by atoms with E-state index in [1.165, 1.54) is 0 Å². The van der Waals surface area contributed by atoms with Crippen LogP contribution in [0.15, 0.2) is 21.8 Å². The van der Waals surface area contributed by atoms with Crippen LogP contribution in [0.5, 0.6) is 5.75 Å². The number of fused-ring (bicyclic) bond motifs is 1. The van der Waals surface area contributed by atoms with Gasteiger partial charge in [0.1, 0.15) is 5.75 Å². The van der Waals surface area contributed by atoms with E-state index in [9.17, 15) is 4.79 Å². The number of rotatable bonds is 2. The number of oxime groups is 1. The molecule has 0 radical (unpaired) electrons. The number of hydrogen-bond acceptors (Lipinski definition) is 4. The van der Waals surface area contributed by atoms with E-state index in [1.54, 1.807) is 13.0 Å². The molecule has 1 atom stereocenters. The Kier molecular flexibility index (Phi) is 3.56. The van der Waals surface area contributed by atoms with Gasteiger partial charge in [0.25, 0.3) is 0 Å². The Morgan fingerprint density at radius 2 is 2.28 bits per heavy atom. The maximum absolute atomic E-state index is 11.0. The summed E-state index contributed by atoms with van der Waals surface area (Å²) in [5.41, 5.74) is 1.91. The molecule has 1 aromatic carbocycles. The van der Waals surface area contributed by atoms with Gasteiger partial charge in [-0.1, -0.05) is 21.1 Å². The highest BCUT2D eigenvalue weighted by Crippen LogP contribution is 2.34. The van der Waals surface area contributed by atoms with Gasteiger partial charge in [-0.3, -0.25) is 0 Å². The minimum absolute atomic E-state index is 0.388. The van der Waals surface area contributed by atoms with Gasteiger partial charge in [-0.2, -0.15) is 0 Å². The summed E-state index contributed by atoms with van der Waals surface area (Å²) in [6.07, 6.45) is 0.217. The zero-order valence-electron chi connectivity index (χ0n) is 9.68. The molecule has 6 heteroatoms. The topological polar surface area (TPSA) is 79.1 Å². The summed E-state index contributed by atoms with van der Waals surface area (Å²) in [7, 11) is 0. The third-order valence-electron chi connectivity index (χ3n) is 2.88. The number of aliphatic carboxylic acids is 1. The number of hydrogen-bond donors (Lipinski definition) is 2. The SMILES string of the molecule is C/C(=N\O)c1cc(Br)cc2c1OC(C(=O)O)CC2. The fourth-order valence-electron chi connectivity index (χ4n) is 1.96. The predicted octanol–water partition coefficient (Wildman–Crippen LogP) is 2.43. The Labute approximate surface area is 112 Å². The van der Waals surface area contributed by atoms with Crippen molar-refractivity contribution in [2.75, 3.05) is 0 Å².